The molecule has 0 bridgehead atoms. The third kappa shape index (κ3) is 2.44. The SMILES string of the molecule is N#CCC(C1CCCC1)n1cc(-c2ncnc3[nH]ccc23)c(F)n1. The molecule has 0 spiro atoms. The molecule has 0 aromatic carbocycles. The minimum atomic E-state index is -0.558. The number of hydrogen-bond donors (Lipinski definition) is 1. The summed E-state index contributed by atoms with van der Waals surface area (Å²) in [7, 11) is 0. The van der Waals surface area contributed by atoms with E-state index in [4.69, 9.17) is 5.26 Å². The molecule has 1 atom stereocenters. The van der Waals surface area contributed by atoms with Gasteiger partial charge in [-0.1, -0.05) is 12.8 Å². The summed E-state index contributed by atoms with van der Waals surface area (Å²) in [5.41, 5.74) is 1.53. The average Bonchev–Trinajstić information content (AvgIpc) is 3.32. The van der Waals surface area contributed by atoms with Gasteiger partial charge >= 0.3 is 0 Å². The first-order valence-electron chi connectivity index (χ1n) is 8.18. The Labute approximate surface area is 138 Å². The minimum absolute atomic E-state index is 0.0793. The molecule has 0 amide bonds. The first kappa shape index (κ1) is 14.8. The van der Waals surface area contributed by atoms with E-state index in [1.807, 2.05) is 6.07 Å². The van der Waals surface area contributed by atoms with Gasteiger partial charge in [0.1, 0.15) is 12.0 Å². The molecule has 1 aliphatic rings. The van der Waals surface area contributed by atoms with Crippen LogP contribution >= 0.6 is 0 Å². The molecule has 3 aromatic rings. The molecule has 1 unspecified atom stereocenters. The molecule has 1 saturated carbocycles. The highest BCUT2D eigenvalue weighted by atomic mass is 19.1. The number of hydrogen-bond acceptors (Lipinski definition) is 4. The molecule has 1 fully saturated rings. The van der Waals surface area contributed by atoms with E-state index in [1.165, 1.54) is 19.2 Å². The smallest absolute Gasteiger partial charge is 0.242 e. The zero-order valence-corrected chi connectivity index (χ0v) is 13.1. The highest BCUT2D eigenvalue weighted by Gasteiger charge is 2.28. The molecule has 0 saturated heterocycles. The van der Waals surface area contributed by atoms with Crippen molar-refractivity contribution >= 4 is 11.0 Å². The highest BCUT2D eigenvalue weighted by molar-refractivity contribution is 5.90. The molecule has 122 valence electrons. The van der Waals surface area contributed by atoms with Crippen molar-refractivity contribution in [1.29, 1.82) is 5.26 Å². The van der Waals surface area contributed by atoms with Crippen LogP contribution in [0.25, 0.3) is 22.3 Å². The third-order valence-electron chi connectivity index (χ3n) is 4.88. The number of fused-ring (bicyclic) bond motifs is 1. The molecule has 0 aliphatic heterocycles. The number of nitrogens with zero attached hydrogens (tertiary/aromatic N) is 5. The van der Waals surface area contributed by atoms with Gasteiger partial charge in [0.05, 0.1) is 29.8 Å². The maximum atomic E-state index is 14.5. The normalized spacial score (nSPS) is 16.5. The summed E-state index contributed by atoms with van der Waals surface area (Å²) >= 11 is 0. The maximum absolute atomic E-state index is 14.5. The molecule has 7 heteroatoms. The lowest BCUT2D eigenvalue weighted by atomic mass is 9.96. The lowest BCUT2D eigenvalue weighted by Gasteiger charge is -2.21. The standard InChI is InChI=1S/C17H17FN6/c18-16-13(15-12-6-8-20-17(12)22-10-21-15)9-24(23-16)14(5-7-19)11-3-1-2-4-11/h6,8-11,14H,1-5H2,(H,20,21,22). The van der Waals surface area contributed by atoms with Crippen LogP contribution in [0.2, 0.25) is 0 Å². The fourth-order valence-electron chi connectivity index (χ4n) is 3.70. The summed E-state index contributed by atoms with van der Waals surface area (Å²) in [5.74, 6) is -0.174. The van der Waals surface area contributed by atoms with E-state index < -0.39 is 5.95 Å². The third-order valence-corrected chi connectivity index (χ3v) is 4.88. The first-order valence-corrected chi connectivity index (χ1v) is 8.18. The zero-order valence-electron chi connectivity index (χ0n) is 13.1. The van der Waals surface area contributed by atoms with E-state index in [2.05, 4.69) is 26.1 Å². The number of nitriles is 1. The molecular formula is C17H17FN6. The van der Waals surface area contributed by atoms with E-state index in [0.717, 1.165) is 18.2 Å². The Kier molecular flexibility index (Phi) is 3.73. The number of halogens is 1. The number of H-pyrrole nitrogens is 1. The Bertz CT molecular complexity index is 899. The Morgan fingerprint density at radius 2 is 2.21 bits per heavy atom. The van der Waals surface area contributed by atoms with Crippen molar-refractivity contribution in [2.75, 3.05) is 0 Å². The topological polar surface area (TPSA) is 83.2 Å². The van der Waals surface area contributed by atoms with Gasteiger partial charge < -0.3 is 4.98 Å². The van der Waals surface area contributed by atoms with Crippen molar-refractivity contribution in [2.45, 2.75) is 38.1 Å². The predicted octanol–water partition coefficient (Wildman–Crippen LogP) is 3.61. The molecule has 3 heterocycles. The van der Waals surface area contributed by atoms with Crippen molar-refractivity contribution in [1.82, 2.24) is 24.7 Å². The van der Waals surface area contributed by atoms with Gasteiger partial charge in [-0.05, 0) is 24.8 Å². The fourth-order valence-corrected chi connectivity index (χ4v) is 3.70. The monoisotopic (exact) mass is 324 g/mol. The molecule has 3 aromatic heterocycles. The van der Waals surface area contributed by atoms with Crippen LogP contribution in [0.1, 0.15) is 38.1 Å². The Morgan fingerprint density at radius 1 is 1.38 bits per heavy atom. The number of rotatable bonds is 4. The van der Waals surface area contributed by atoms with E-state index >= 15 is 0 Å². The van der Waals surface area contributed by atoms with Crippen molar-refractivity contribution in [3.05, 3.63) is 30.7 Å². The second-order valence-corrected chi connectivity index (χ2v) is 6.25. The van der Waals surface area contributed by atoms with E-state index in [1.54, 1.807) is 17.1 Å². The molecule has 4 rings (SSSR count). The maximum Gasteiger partial charge on any atom is 0.242 e. The summed E-state index contributed by atoms with van der Waals surface area (Å²) in [6.45, 7) is 0. The van der Waals surface area contributed by atoms with Crippen LogP contribution in [0.3, 0.4) is 0 Å². The Morgan fingerprint density at radius 3 is 3.00 bits per heavy atom. The fraction of sp³-hybridized carbons (Fsp3) is 0.412. The quantitative estimate of drug-likeness (QED) is 0.794. The van der Waals surface area contributed by atoms with Gasteiger partial charge in [-0.2, -0.15) is 9.65 Å². The summed E-state index contributed by atoms with van der Waals surface area (Å²) in [6, 6.07) is 3.97. The second kappa shape index (κ2) is 6.04. The summed E-state index contributed by atoms with van der Waals surface area (Å²) in [5, 5.41) is 14.0. The van der Waals surface area contributed by atoms with Gasteiger partial charge in [0, 0.05) is 17.8 Å². The highest BCUT2D eigenvalue weighted by Crippen LogP contribution is 2.37. The van der Waals surface area contributed by atoms with Crippen LogP contribution in [0, 0.1) is 23.2 Å². The predicted molar refractivity (Wildman–Crippen MR) is 86.3 cm³/mol. The number of nitrogens with one attached hydrogen (secondary N) is 1. The average molecular weight is 324 g/mol. The van der Waals surface area contributed by atoms with Crippen molar-refractivity contribution < 1.29 is 4.39 Å². The molecule has 1 aliphatic carbocycles. The van der Waals surface area contributed by atoms with Gasteiger partial charge in [0.15, 0.2) is 0 Å². The van der Waals surface area contributed by atoms with E-state index in [9.17, 15) is 4.39 Å². The van der Waals surface area contributed by atoms with Gasteiger partial charge in [0.25, 0.3) is 0 Å². The van der Waals surface area contributed by atoms with Gasteiger partial charge in [0.2, 0.25) is 5.95 Å². The molecule has 0 radical (unpaired) electrons. The van der Waals surface area contributed by atoms with Gasteiger partial charge in [-0.3, -0.25) is 4.68 Å². The molecule has 6 nitrogen and oxygen atoms in total. The van der Waals surface area contributed by atoms with Crippen molar-refractivity contribution in [3.8, 4) is 17.3 Å². The van der Waals surface area contributed by atoms with E-state index in [0.29, 0.717) is 29.2 Å². The minimum Gasteiger partial charge on any atom is -0.346 e. The van der Waals surface area contributed by atoms with E-state index in [-0.39, 0.29) is 6.04 Å². The molecule has 1 N–H and O–H groups in total. The Hall–Kier alpha value is -2.75. The Balaban J connectivity index is 1.76. The van der Waals surface area contributed by atoms with Crippen molar-refractivity contribution in [2.24, 2.45) is 5.92 Å². The molecule has 24 heavy (non-hydrogen) atoms. The number of aromatic nitrogens is 5. The summed E-state index contributed by atoms with van der Waals surface area (Å²) < 4.78 is 16.2. The van der Waals surface area contributed by atoms with Crippen LogP contribution in [-0.2, 0) is 0 Å². The summed E-state index contributed by atoms with van der Waals surface area (Å²) in [4.78, 5) is 11.4. The number of aromatic amines is 1. The van der Waals surface area contributed by atoms with Crippen LogP contribution in [0.15, 0.2) is 24.8 Å². The molecular weight excluding hydrogens is 307 g/mol. The first-order chi connectivity index (χ1) is 11.8. The van der Waals surface area contributed by atoms with Crippen LogP contribution in [0.5, 0.6) is 0 Å². The van der Waals surface area contributed by atoms with Crippen LogP contribution in [-0.4, -0.2) is 24.7 Å². The van der Waals surface area contributed by atoms with Crippen LogP contribution in [0.4, 0.5) is 4.39 Å². The van der Waals surface area contributed by atoms with Crippen LogP contribution < -0.4 is 0 Å². The van der Waals surface area contributed by atoms with Gasteiger partial charge in [-0.15, -0.1) is 5.10 Å². The zero-order chi connectivity index (χ0) is 16.5. The summed E-state index contributed by atoms with van der Waals surface area (Å²) in [6.07, 6.45) is 9.66. The second-order valence-electron chi connectivity index (χ2n) is 6.25. The lowest BCUT2D eigenvalue weighted by molar-refractivity contribution is 0.307. The van der Waals surface area contributed by atoms with Gasteiger partial charge in [-0.25, -0.2) is 9.97 Å². The van der Waals surface area contributed by atoms with Crippen molar-refractivity contribution in [3.63, 3.8) is 0 Å². The largest absolute Gasteiger partial charge is 0.346 e. The lowest BCUT2D eigenvalue weighted by Crippen LogP contribution is -2.17.